The van der Waals surface area contributed by atoms with Crippen molar-refractivity contribution in [3.63, 3.8) is 0 Å². The lowest BCUT2D eigenvalue weighted by Gasteiger charge is -2.23. The van der Waals surface area contributed by atoms with Crippen molar-refractivity contribution in [3.8, 4) is 0 Å². The van der Waals surface area contributed by atoms with E-state index in [1.165, 1.54) is 0 Å². The molecule has 0 saturated heterocycles. The summed E-state index contributed by atoms with van der Waals surface area (Å²) in [5.41, 5.74) is 0.440. The minimum absolute atomic E-state index is 0.0798. The Balaban J connectivity index is 2.42. The molecular weight excluding hydrogens is 546 g/mol. The fraction of sp³-hybridized carbons (Fsp3) is 0.735. The van der Waals surface area contributed by atoms with E-state index in [0.29, 0.717) is 5.56 Å². The highest BCUT2D eigenvalue weighted by Crippen LogP contribution is 2.14. The van der Waals surface area contributed by atoms with Crippen LogP contribution in [-0.4, -0.2) is 64.5 Å². The van der Waals surface area contributed by atoms with Gasteiger partial charge in [0.05, 0.1) is 5.56 Å². The first-order chi connectivity index (χ1) is 20.0. The maximum absolute atomic E-state index is 11.9. The molecule has 0 spiro atoms. The topological polar surface area (TPSA) is 117 Å². The van der Waals surface area contributed by atoms with E-state index in [2.05, 4.69) is 15.5 Å². The number of aromatic carboxylic acids is 1. The monoisotopic (exact) mass is 605 g/mol. The van der Waals surface area contributed by atoms with Gasteiger partial charge in [-0.25, -0.2) is 14.4 Å². The van der Waals surface area contributed by atoms with Crippen LogP contribution in [0.25, 0.3) is 0 Å². The summed E-state index contributed by atoms with van der Waals surface area (Å²) in [6.07, 6.45) is 9.86. The van der Waals surface area contributed by atoms with E-state index in [1.54, 1.807) is 12.1 Å². The average Bonchev–Trinajstić information content (AvgIpc) is 2.85. The smallest absolute Gasteiger partial charge is 0.407 e. The Hall–Kier alpha value is -2.81. The van der Waals surface area contributed by atoms with Gasteiger partial charge in [-0.3, -0.25) is 4.90 Å². The van der Waals surface area contributed by atoms with Gasteiger partial charge in [-0.05, 0) is 112 Å². The van der Waals surface area contributed by atoms with Crippen molar-refractivity contribution in [2.75, 3.05) is 13.1 Å². The lowest BCUT2D eigenvalue weighted by Crippen LogP contribution is -2.37. The molecule has 0 fully saturated rings. The highest BCUT2D eigenvalue weighted by atomic mass is 16.6. The number of alkyl carbamates (subject to hydrolysis) is 2. The van der Waals surface area contributed by atoms with Crippen molar-refractivity contribution in [1.29, 1.82) is 0 Å². The van der Waals surface area contributed by atoms with Gasteiger partial charge >= 0.3 is 18.2 Å². The predicted octanol–water partition coefficient (Wildman–Crippen LogP) is 7.91. The Bertz CT molecular complexity index is 904. The molecule has 2 amide bonds. The van der Waals surface area contributed by atoms with Crippen LogP contribution in [0, 0.1) is 0 Å². The lowest BCUT2D eigenvalue weighted by atomic mass is 10.1. The second-order valence-corrected chi connectivity index (χ2v) is 13.8. The summed E-state index contributed by atoms with van der Waals surface area (Å²) in [4.78, 5) is 37.6. The van der Waals surface area contributed by atoms with Crippen molar-refractivity contribution < 1.29 is 29.0 Å². The Morgan fingerprint density at radius 3 is 1.47 bits per heavy atom. The molecule has 0 heterocycles. The summed E-state index contributed by atoms with van der Waals surface area (Å²) in [5, 5.41) is 15.0. The van der Waals surface area contributed by atoms with Crippen molar-refractivity contribution in [2.24, 2.45) is 0 Å². The molecule has 9 heteroatoms. The Morgan fingerprint density at radius 1 is 0.698 bits per heavy atom. The molecule has 2 atom stereocenters. The molecule has 0 aliphatic rings. The summed E-state index contributed by atoms with van der Waals surface area (Å²) >= 11 is 0. The summed E-state index contributed by atoms with van der Waals surface area (Å²) in [6.45, 7) is 18.0. The van der Waals surface area contributed by atoms with E-state index in [1.807, 2.05) is 67.5 Å². The number of carboxylic acids is 1. The van der Waals surface area contributed by atoms with Crippen LogP contribution in [0.2, 0.25) is 0 Å². The number of carboxylic acid groups (broad SMARTS) is 1. The van der Waals surface area contributed by atoms with E-state index in [9.17, 15) is 19.5 Å². The fourth-order valence-corrected chi connectivity index (χ4v) is 4.72. The quantitative estimate of drug-likeness (QED) is 0.137. The van der Waals surface area contributed by atoms with E-state index in [0.717, 1.165) is 89.4 Å². The molecular formula is C34H59N3O6. The number of benzene rings is 1. The average molecular weight is 606 g/mol. The molecule has 0 aliphatic carbocycles. The number of hydrogen-bond acceptors (Lipinski definition) is 6. The number of hydrogen-bond donors (Lipinski definition) is 3. The molecule has 0 aliphatic heterocycles. The number of amides is 2. The van der Waals surface area contributed by atoms with E-state index >= 15 is 0 Å². The molecule has 2 unspecified atom stereocenters. The molecule has 1 aromatic carbocycles. The number of nitrogens with zero attached hydrogens (tertiary/aromatic N) is 1. The van der Waals surface area contributed by atoms with Crippen molar-refractivity contribution in [1.82, 2.24) is 15.5 Å². The fourth-order valence-electron chi connectivity index (χ4n) is 4.72. The van der Waals surface area contributed by atoms with Gasteiger partial charge < -0.3 is 25.2 Å². The zero-order chi connectivity index (χ0) is 32.5. The number of unbranched alkanes of at least 4 members (excludes halogenated alkanes) is 6. The van der Waals surface area contributed by atoms with Crippen LogP contribution >= 0.6 is 0 Å². The van der Waals surface area contributed by atoms with E-state index < -0.39 is 17.2 Å². The Morgan fingerprint density at radius 2 is 1.09 bits per heavy atom. The first-order valence-corrected chi connectivity index (χ1v) is 16.1. The highest BCUT2D eigenvalue weighted by molar-refractivity contribution is 5.87. The number of carbonyl (C=O) groups excluding carboxylic acids is 2. The van der Waals surface area contributed by atoms with Crippen LogP contribution in [0.5, 0.6) is 0 Å². The van der Waals surface area contributed by atoms with Gasteiger partial charge in [-0.15, -0.1) is 0 Å². The molecule has 1 rings (SSSR count). The van der Waals surface area contributed by atoms with Crippen LogP contribution in [-0.2, 0) is 16.0 Å². The number of carbonyl (C=O) groups is 3. The first-order valence-electron chi connectivity index (χ1n) is 16.1. The molecule has 0 radical (unpaired) electrons. The third kappa shape index (κ3) is 20.7. The second kappa shape index (κ2) is 19.5. The van der Waals surface area contributed by atoms with Gasteiger partial charge in [0.1, 0.15) is 11.2 Å². The van der Waals surface area contributed by atoms with Gasteiger partial charge in [0.2, 0.25) is 0 Å². The van der Waals surface area contributed by atoms with E-state index in [4.69, 9.17) is 9.47 Å². The lowest BCUT2D eigenvalue weighted by molar-refractivity contribution is 0.0493. The van der Waals surface area contributed by atoms with Crippen LogP contribution in [0.1, 0.15) is 136 Å². The Kier molecular flexibility index (Phi) is 17.3. The normalized spacial score (nSPS) is 13.3. The standard InChI is InChI=1S/C34H59N3O6/c1-26(35-31(40)42-33(3,4)5)17-13-9-11-15-23-37(25-28-19-21-29(22-20-28)30(38)39)24-16-12-10-14-18-27(2)36-32(41)43-34(6,7)8/h19-22,26-27H,9-18,23-25H2,1-8H3,(H,35,40)(H,36,41)(H,38,39). The van der Waals surface area contributed by atoms with Crippen molar-refractivity contribution >= 4 is 18.2 Å². The maximum atomic E-state index is 11.9. The number of rotatable bonds is 19. The second-order valence-electron chi connectivity index (χ2n) is 13.8. The number of ether oxygens (including phenoxy) is 2. The zero-order valence-electron chi connectivity index (χ0n) is 28.1. The minimum Gasteiger partial charge on any atom is -0.478 e. The molecule has 0 bridgehead atoms. The van der Waals surface area contributed by atoms with E-state index in [-0.39, 0.29) is 24.3 Å². The summed E-state index contributed by atoms with van der Waals surface area (Å²) in [7, 11) is 0. The first kappa shape index (κ1) is 38.2. The maximum Gasteiger partial charge on any atom is 0.407 e. The third-order valence-corrected chi connectivity index (χ3v) is 6.86. The predicted molar refractivity (Wildman–Crippen MR) is 173 cm³/mol. The number of nitrogens with one attached hydrogen (secondary N) is 2. The summed E-state index contributed by atoms with van der Waals surface area (Å²) in [6, 6.07) is 7.33. The third-order valence-electron chi connectivity index (χ3n) is 6.86. The van der Waals surface area contributed by atoms with Crippen molar-refractivity contribution in [2.45, 2.75) is 149 Å². The van der Waals surface area contributed by atoms with Gasteiger partial charge in [0.15, 0.2) is 0 Å². The minimum atomic E-state index is -0.908. The van der Waals surface area contributed by atoms with Crippen LogP contribution in [0.3, 0.4) is 0 Å². The molecule has 9 nitrogen and oxygen atoms in total. The zero-order valence-corrected chi connectivity index (χ0v) is 28.1. The largest absolute Gasteiger partial charge is 0.478 e. The molecule has 246 valence electrons. The summed E-state index contributed by atoms with van der Waals surface area (Å²) < 4.78 is 10.7. The summed E-state index contributed by atoms with van der Waals surface area (Å²) in [5.74, 6) is -0.908. The van der Waals surface area contributed by atoms with Crippen molar-refractivity contribution in [3.05, 3.63) is 35.4 Å². The molecule has 3 N–H and O–H groups in total. The molecule has 0 saturated carbocycles. The van der Waals surface area contributed by atoms with Crippen LogP contribution in [0.15, 0.2) is 24.3 Å². The molecule has 0 aromatic heterocycles. The molecule has 1 aromatic rings. The van der Waals surface area contributed by atoms with Crippen LogP contribution < -0.4 is 10.6 Å². The van der Waals surface area contributed by atoms with Gasteiger partial charge in [0.25, 0.3) is 0 Å². The van der Waals surface area contributed by atoms with Gasteiger partial charge in [-0.2, -0.15) is 0 Å². The van der Waals surface area contributed by atoms with Gasteiger partial charge in [0, 0.05) is 18.6 Å². The molecule has 43 heavy (non-hydrogen) atoms. The van der Waals surface area contributed by atoms with Gasteiger partial charge in [-0.1, -0.05) is 50.7 Å². The highest BCUT2D eigenvalue weighted by Gasteiger charge is 2.18. The Labute approximate surface area is 260 Å². The SMILES string of the molecule is CC(CCCCCCN(CCCCCCC(C)NC(=O)OC(C)(C)C)Cc1ccc(C(=O)O)cc1)NC(=O)OC(C)(C)C. The van der Waals surface area contributed by atoms with Crippen LogP contribution in [0.4, 0.5) is 9.59 Å².